The standard InChI is InChI=1S/C19H18ClFN4/c1-12-11-22-9-10-25(12)19-23-16-8-3-2-5-13(16)18(24-19)17-14(20)6-4-7-15(17)21/h2-8,12,22H,9-11H2,1H3. The van der Waals surface area contributed by atoms with E-state index in [-0.39, 0.29) is 11.9 Å². The predicted octanol–water partition coefficient (Wildman–Crippen LogP) is 3.89. The number of piperazine rings is 1. The number of nitrogens with one attached hydrogen (secondary N) is 1. The van der Waals surface area contributed by atoms with Gasteiger partial charge in [0.1, 0.15) is 5.82 Å². The summed E-state index contributed by atoms with van der Waals surface area (Å²) in [6.45, 7) is 4.67. The molecule has 0 saturated carbocycles. The molecule has 128 valence electrons. The second kappa shape index (κ2) is 6.58. The Bertz CT molecular complexity index is 910. The zero-order valence-electron chi connectivity index (χ0n) is 13.8. The first kappa shape index (κ1) is 16.2. The van der Waals surface area contributed by atoms with E-state index in [1.165, 1.54) is 6.07 Å². The van der Waals surface area contributed by atoms with Crippen molar-refractivity contribution in [3.05, 3.63) is 53.3 Å². The van der Waals surface area contributed by atoms with Crippen LogP contribution in [0, 0.1) is 5.82 Å². The number of anilines is 1. The lowest BCUT2D eigenvalue weighted by molar-refractivity contribution is 0.493. The van der Waals surface area contributed by atoms with Gasteiger partial charge in [-0.2, -0.15) is 0 Å². The molecular weight excluding hydrogens is 339 g/mol. The highest BCUT2D eigenvalue weighted by Gasteiger charge is 2.23. The summed E-state index contributed by atoms with van der Waals surface area (Å²) in [6.07, 6.45) is 0. The number of hydrogen-bond donors (Lipinski definition) is 1. The van der Waals surface area contributed by atoms with E-state index in [0.717, 1.165) is 30.5 Å². The fourth-order valence-corrected chi connectivity index (χ4v) is 3.50. The molecule has 4 nitrogen and oxygen atoms in total. The van der Waals surface area contributed by atoms with E-state index in [1.807, 2.05) is 24.3 Å². The minimum atomic E-state index is -0.379. The van der Waals surface area contributed by atoms with Gasteiger partial charge in [0, 0.05) is 31.1 Å². The van der Waals surface area contributed by atoms with Crippen molar-refractivity contribution < 1.29 is 4.39 Å². The molecule has 25 heavy (non-hydrogen) atoms. The van der Waals surface area contributed by atoms with Crippen molar-refractivity contribution in [1.82, 2.24) is 15.3 Å². The molecule has 3 aromatic rings. The number of hydrogen-bond acceptors (Lipinski definition) is 4. The second-order valence-electron chi connectivity index (χ2n) is 6.23. The van der Waals surface area contributed by atoms with Crippen LogP contribution in [0.1, 0.15) is 6.92 Å². The Morgan fingerprint density at radius 3 is 2.80 bits per heavy atom. The molecule has 1 fully saturated rings. The summed E-state index contributed by atoms with van der Waals surface area (Å²) in [5.41, 5.74) is 1.65. The Balaban J connectivity index is 1.96. The molecule has 1 N–H and O–H groups in total. The summed E-state index contributed by atoms with van der Waals surface area (Å²) in [5, 5.41) is 4.50. The van der Waals surface area contributed by atoms with Gasteiger partial charge in [0.15, 0.2) is 0 Å². The molecule has 0 radical (unpaired) electrons. The van der Waals surface area contributed by atoms with Crippen LogP contribution < -0.4 is 10.2 Å². The molecule has 2 aromatic carbocycles. The Morgan fingerprint density at radius 1 is 1.16 bits per heavy atom. The van der Waals surface area contributed by atoms with E-state index in [9.17, 15) is 4.39 Å². The van der Waals surface area contributed by atoms with Gasteiger partial charge in [0.25, 0.3) is 0 Å². The van der Waals surface area contributed by atoms with Crippen molar-refractivity contribution in [2.45, 2.75) is 13.0 Å². The number of fused-ring (bicyclic) bond motifs is 1. The summed E-state index contributed by atoms with van der Waals surface area (Å²) < 4.78 is 14.5. The molecule has 0 amide bonds. The van der Waals surface area contributed by atoms with Crippen LogP contribution in [0.5, 0.6) is 0 Å². The Morgan fingerprint density at radius 2 is 2.00 bits per heavy atom. The summed E-state index contributed by atoms with van der Waals surface area (Å²) >= 11 is 6.31. The molecule has 1 aromatic heterocycles. The molecule has 0 spiro atoms. The van der Waals surface area contributed by atoms with E-state index in [4.69, 9.17) is 21.6 Å². The predicted molar refractivity (Wildman–Crippen MR) is 99.6 cm³/mol. The molecular formula is C19H18ClFN4. The first-order valence-corrected chi connectivity index (χ1v) is 8.71. The van der Waals surface area contributed by atoms with Gasteiger partial charge >= 0.3 is 0 Å². The highest BCUT2D eigenvalue weighted by Crippen LogP contribution is 2.35. The van der Waals surface area contributed by atoms with E-state index in [1.54, 1.807) is 12.1 Å². The van der Waals surface area contributed by atoms with Gasteiger partial charge in [0.2, 0.25) is 5.95 Å². The minimum Gasteiger partial charge on any atom is -0.336 e. The average Bonchev–Trinajstić information content (AvgIpc) is 2.62. The molecule has 1 aliphatic rings. The molecule has 1 unspecified atom stereocenters. The minimum absolute atomic E-state index is 0.263. The molecule has 1 aliphatic heterocycles. The number of benzene rings is 2. The van der Waals surface area contributed by atoms with Crippen LogP contribution >= 0.6 is 11.6 Å². The molecule has 1 saturated heterocycles. The van der Waals surface area contributed by atoms with Gasteiger partial charge in [-0.3, -0.25) is 0 Å². The maximum absolute atomic E-state index is 14.5. The normalized spacial score (nSPS) is 17.9. The highest BCUT2D eigenvalue weighted by molar-refractivity contribution is 6.33. The van der Waals surface area contributed by atoms with Gasteiger partial charge in [-0.1, -0.05) is 35.9 Å². The SMILES string of the molecule is CC1CNCCN1c1nc(-c2c(F)cccc2Cl)c2ccccc2n1. The molecule has 4 rings (SSSR count). The maximum Gasteiger partial charge on any atom is 0.226 e. The number of halogens is 2. The van der Waals surface area contributed by atoms with Crippen LogP contribution in [-0.2, 0) is 0 Å². The first-order chi connectivity index (χ1) is 12.1. The topological polar surface area (TPSA) is 41.0 Å². The number of aromatic nitrogens is 2. The fourth-order valence-electron chi connectivity index (χ4n) is 3.25. The summed E-state index contributed by atoms with van der Waals surface area (Å²) in [5.74, 6) is 0.234. The van der Waals surface area contributed by atoms with Crippen molar-refractivity contribution in [3.63, 3.8) is 0 Å². The fraction of sp³-hybridized carbons (Fsp3) is 0.263. The van der Waals surface area contributed by atoms with Gasteiger partial charge in [-0.15, -0.1) is 0 Å². The largest absolute Gasteiger partial charge is 0.336 e. The van der Waals surface area contributed by atoms with Gasteiger partial charge < -0.3 is 10.2 Å². The zero-order valence-corrected chi connectivity index (χ0v) is 14.6. The summed E-state index contributed by atoms with van der Waals surface area (Å²) in [6, 6.07) is 12.6. The van der Waals surface area contributed by atoms with E-state index >= 15 is 0 Å². The molecule has 6 heteroatoms. The lowest BCUT2D eigenvalue weighted by Crippen LogP contribution is -2.50. The Labute approximate surface area is 150 Å². The molecule has 2 heterocycles. The number of para-hydroxylation sites is 1. The smallest absolute Gasteiger partial charge is 0.226 e. The quantitative estimate of drug-likeness (QED) is 0.756. The van der Waals surface area contributed by atoms with Crippen molar-refractivity contribution >= 4 is 28.5 Å². The number of nitrogens with zero attached hydrogens (tertiary/aromatic N) is 3. The van der Waals surface area contributed by atoms with Crippen LogP contribution in [0.3, 0.4) is 0 Å². The van der Waals surface area contributed by atoms with Crippen LogP contribution in [0.4, 0.5) is 10.3 Å². The van der Waals surface area contributed by atoms with Gasteiger partial charge in [0.05, 0.1) is 21.8 Å². The Kier molecular flexibility index (Phi) is 4.27. The Hall–Kier alpha value is -2.24. The lowest BCUT2D eigenvalue weighted by atomic mass is 10.1. The third kappa shape index (κ3) is 2.94. The lowest BCUT2D eigenvalue weighted by Gasteiger charge is -2.34. The van der Waals surface area contributed by atoms with E-state index in [0.29, 0.717) is 22.2 Å². The van der Waals surface area contributed by atoms with Crippen LogP contribution in [0.15, 0.2) is 42.5 Å². The summed E-state index contributed by atoms with van der Waals surface area (Å²) in [7, 11) is 0. The summed E-state index contributed by atoms with van der Waals surface area (Å²) in [4.78, 5) is 11.6. The van der Waals surface area contributed by atoms with Crippen LogP contribution in [-0.4, -0.2) is 35.6 Å². The molecule has 0 aliphatic carbocycles. The monoisotopic (exact) mass is 356 g/mol. The van der Waals surface area contributed by atoms with Crippen LogP contribution in [0.2, 0.25) is 5.02 Å². The van der Waals surface area contributed by atoms with Crippen molar-refractivity contribution in [3.8, 4) is 11.3 Å². The third-order valence-corrected chi connectivity index (χ3v) is 4.86. The zero-order chi connectivity index (χ0) is 17.4. The number of rotatable bonds is 2. The highest BCUT2D eigenvalue weighted by atomic mass is 35.5. The van der Waals surface area contributed by atoms with E-state index in [2.05, 4.69) is 17.1 Å². The van der Waals surface area contributed by atoms with Crippen molar-refractivity contribution in [2.75, 3.05) is 24.5 Å². The second-order valence-corrected chi connectivity index (χ2v) is 6.64. The molecule has 1 atom stereocenters. The van der Waals surface area contributed by atoms with Gasteiger partial charge in [-0.05, 0) is 25.1 Å². The maximum atomic E-state index is 14.5. The third-order valence-electron chi connectivity index (χ3n) is 4.55. The molecule has 0 bridgehead atoms. The van der Waals surface area contributed by atoms with Crippen LogP contribution in [0.25, 0.3) is 22.2 Å². The van der Waals surface area contributed by atoms with E-state index < -0.39 is 0 Å². The van der Waals surface area contributed by atoms with Crippen molar-refractivity contribution in [2.24, 2.45) is 0 Å². The first-order valence-electron chi connectivity index (χ1n) is 8.33. The van der Waals surface area contributed by atoms with Crippen molar-refractivity contribution in [1.29, 1.82) is 0 Å². The van der Waals surface area contributed by atoms with Gasteiger partial charge in [-0.25, -0.2) is 14.4 Å². The average molecular weight is 357 g/mol.